The van der Waals surface area contributed by atoms with Crippen molar-refractivity contribution in [2.75, 3.05) is 17.8 Å². The number of rotatable bonds is 9. The Kier molecular flexibility index (Phi) is 7.25. The first kappa shape index (κ1) is 22.4. The van der Waals surface area contributed by atoms with E-state index in [2.05, 4.69) is 4.72 Å². The predicted molar refractivity (Wildman–Crippen MR) is 112 cm³/mol. The quantitative estimate of drug-likeness (QED) is 0.664. The molecule has 0 unspecified atom stereocenters. The van der Waals surface area contributed by atoms with Gasteiger partial charge in [-0.05, 0) is 48.2 Å². The summed E-state index contributed by atoms with van der Waals surface area (Å²) in [5.41, 5.74) is 0.307. The lowest BCUT2D eigenvalue weighted by atomic mass is 10.2. The monoisotopic (exact) mass is 424 g/mol. The fourth-order valence-electron chi connectivity index (χ4n) is 2.74. The summed E-state index contributed by atoms with van der Waals surface area (Å²) in [6, 6.07) is 13.8. The van der Waals surface area contributed by atoms with Gasteiger partial charge in [-0.25, -0.2) is 16.8 Å². The Balaban J connectivity index is 2.25. The average Bonchev–Trinajstić information content (AvgIpc) is 2.61. The van der Waals surface area contributed by atoms with Crippen LogP contribution in [0.25, 0.3) is 0 Å². The molecular formula is C20H28N2O4S2. The normalized spacial score (nSPS) is 12.7. The van der Waals surface area contributed by atoms with Crippen LogP contribution in [0, 0.1) is 11.8 Å². The van der Waals surface area contributed by atoms with Gasteiger partial charge in [0.25, 0.3) is 10.0 Å². The molecule has 0 saturated heterocycles. The molecule has 0 amide bonds. The van der Waals surface area contributed by atoms with Gasteiger partial charge >= 0.3 is 0 Å². The lowest BCUT2D eigenvalue weighted by Crippen LogP contribution is -2.37. The Morgan fingerprint density at radius 2 is 1.25 bits per heavy atom. The van der Waals surface area contributed by atoms with Gasteiger partial charge in [0.2, 0.25) is 10.0 Å². The lowest BCUT2D eigenvalue weighted by Gasteiger charge is -2.25. The van der Waals surface area contributed by atoms with Gasteiger partial charge in [0.1, 0.15) is 0 Å². The molecule has 0 saturated carbocycles. The van der Waals surface area contributed by atoms with Crippen LogP contribution in [-0.4, -0.2) is 34.2 Å². The van der Waals surface area contributed by atoms with Crippen LogP contribution in [0.5, 0.6) is 0 Å². The van der Waals surface area contributed by atoms with Crippen LogP contribution in [0.4, 0.5) is 5.69 Å². The van der Waals surface area contributed by atoms with E-state index in [1.807, 2.05) is 27.7 Å². The molecule has 2 rings (SSSR count). The topological polar surface area (TPSA) is 83.6 Å². The van der Waals surface area contributed by atoms with E-state index in [0.717, 1.165) is 0 Å². The first-order valence-electron chi connectivity index (χ1n) is 9.20. The minimum atomic E-state index is -3.72. The molecule has 1 N–H and O–H groups in total. The summed E-state index contributed by atoms with van der Waals surface area (Å²) < 4.78 is 54.8. The fraction of sp³-hybridized carbons (Fsp3) is 0.400. The average molecular weight is 425 g/mol. The van der Waals surface area contributed by atoms with Crippen LogP contribution in [-0.2, 0) is 20.0 Å². The summed E-state index contributed by atoms with van der Waals surface area (Å²) in [5.74, 6) is 0.399. The van der Waals surface area contributed by atoms with Gasteiger partial charge in [-0.3, -0.25) is 4.72 Å². The summed E-state index contributed by atoms with van der Waals surface area (Å²) in [6.45, 7) is 8.77. The Labute approximate surface area is 168 Å². The van der Waals surface area contributed by atoms with Crippen molar-refractivity contribution in [3.05, 3.63) is 54.6 Å². The van der Waals surface area contributed by atoms with Crippen molar-refractivity contribution < 1.29 is 16.8 Å². The molecule has 6 nitrogen and oxygen atoms in total. The van der Waals surface area contributed by atoms with Crippen molar-refractivity contribution in [3.8, 4) is 0 Å². The Morgan fingerprint density at radius 1 is 0.750 bits per heavy atom. The zero-order chi connectivity index (χ0) is 20.9. The van der Waals surface area contributed by atoms with Gasteiger partial charge in [0.05, 0.1) is 9.79 Å². The molecule has 0 heterocycles. The minimum absolute atomic E-state index is 0.145. The summed E-state index contributed by atoms with van der Waals surface area (Å²) >= 11 is 0. The van der Waals surface area contributed by atoms with Crippen molar-refractivity contribution in [3.63, 3.8) is 0 Å². The van der Waals surface area contributed by atoms with Crippen molar-refractivity contribution >= 4 is 25.7 Å². The van der Waals surface area contributed by atoms with Gasteiger partial charge in [-0.1, -0.05) is 45.9 Å². The molecule has 0 radical (unpaired) electrons. The molecule has 8 heteroatoms. The Bertz CT molecular complexity index is 959. The number of hydrogen-bond donors (Lipinski definition) is 1. The van der Waals surface area contributed by atoms with Crippen LogP contribution in [0.15, 0.2) is 64.4 Å². The molecule has 154 valence electrons. The van der Waals surface area contributed by atoms with E-state index in [9.17, 15) is 16.8 Å². The standard InChI is InChI=1S/C20H28N2O4S2/c1-16(2)14-22(15-17(3)4)28(25,26)20-12-10-18(11-13-20)21-27(23,24)19-8-6-5-7-9-19/h5-13,16-17,21H,14-15H2,1-4H3. The van der Waals surface area contributed by atoms with Crippen LogP contribution < -0.4 is 4.72 Å². The second kappa shape index (κ2) is 9.07. The van der Waals surface area contributed by atoms with Crippen molar-refractivity contribution in [2.45, 2.75) is 37.5 Å². The van der Waals surface area contributed by atoms with E-state index in [1.54, 1.807) is 18.2 Å². The van der Waals surface area contributed by atoms with E-state index >= 15 is 0 Å². The van der Waals surface area contributed by atoms with E-state index < -0.39 is 20.0 Å². The molecule has 0 aliphatic carbocycles. The molecule has 0 aliphatic rings. The molecule has 0 aromatic heterocycles. The third kappa shape index (κ3) is 5.80. The number of benzene rings is 2. The Morgan fingerprint density at radius 3 is 1.71 bits per heavy atom. The third-order valence-corrected chi connectivity index (χ3v) is 7.18. The molecule has 0 bridgehead atoms. The maximum absolute atomic E-state index is 13.0. The fourth-order valence-corrected chi connectivity index (χ4v) is 5.59. The van der Waals surface area contributed by atoms with Crippen molar-refractivity contribution in [2.24, 2.45) is 11.8 Å². The summed E-state index contributed by atoms with van der Waals surface area (Å²) in [7, 11) is -7.37. The van der Waals surface area contributed by atoms with E-state index in [0.29, 0.717) is 18.8 Å². The third-order valence-electron chi connectivity index (χ3n) is 3.94. The van der Waals surface area contributed by atoms with Gasteiger partial charge in [-0.2, -0.15) is 4.31 Å². The first-order chi connectivity index (χ1) is 13.0. The smallest absolute Gasteiger partial charge is 0.261 e. The molecule has 2 aromatic rings. The van der Waals surface area contributed by atoms with E-state index in [4.69, 9.17) is 0 Å². The second-order valence-electron chi connectivity index (χ2n) is 7.55. The molecule has 0 fully saturated rings. The SMILES string of the molecule is CC(C)CN(CC(C)C)S(=O)(=O)c1ccc(NS(=O)(=O)c2ccccc2)cc1. The number of anilines is 1. The van der Waals surface area contributed by atoms with Crippen LogP contribution >= 0.6 is 0 Å². The zero-order valence-electron chi connectivity index (χ0n) is 16.7. The number of nitrogens with zero attached hydrogens (tertiary/aromatic N) is 1. The first-order valence-corrected chi connectivity index (χ1v) is 12.1. The highest BCUT2D eigenvalue weighted by Gasteiger charge is 2.26. The van der Waals surface area contributed by atoms with Gasteiger partial charge in [-0.15, -0.1) is 0 Å². The molecule has 2 aromatic carbocycles. The molecule has 0 spiro atoms. The molecular weight excluding hydrogens is 396 g/mol. The second-order valence-corrected chi connectivity index (χ2v) is 11.2. The number of sulfonamides is 2. The van der Waals surface area contributed by atoms with Gasteiger partial charge < -0.3 is 0 Å². The largest absolute Gasteiger partial charge is 0.280 e. The summed E-state index contributed by atoms with van der Waals surface area (Å²) in [6.07, 6.45) is 0. The van der Waals surface area contributed by atoms with Crippen LogP contribution in [0.3, 0.4) is 0 Å². The highest BCUT2D eigenvalue weighted by atomic mass is 32.2. The van der Waals surface area contributed by atoms with Gasteiger partial charge in [0, 0.05) is 18.8 Å². The zero-order valence-corrected chi connectivity index (χ0v) is 18.3. The van der Waals surface area contributed by atoms with Gasteiger partial charge in [0.15, 0.2) is 0 Å². The lowest BCUT2D eigenvalue weighted by molar-refractivity contribution is 0.333. The maximum atomic E-state index is 13.0. The van der Waals surface area contributed by atoms with E-state index in [1.165, 1.54) is 40.7 Å². The predicted octanol–water partition coefficient (Wildman–Crippen LogP) is 3.79. The van der Waals surface area contributed by atoms with Crippen LogP contribution in [0.2, 0.25) is 0 Å². The molecule has 0 atom stereocenters. The van der Waals surface area contributed by atoms with Crippen LogP contribution in [0.1, 0.15) is 27.7 Å². The Hall–Kier alpha value is -1.90. The summed E-state index contributed by atoms with van der Waals surface area (Å²) in [4.78, 5) is 0.295. The van der Waals surface area contributed by atoms with Crippen molar-refractivity contribution in [1.82, 2.24) is 4.31 Å². The minimum Gasteiger partial charge on any atom is -0.280 e. The summed E-state index contributed by atoms with van der Waals surface area (Å²) in [5, 5.41) is 0. The highest BCUT2D eigenvalue weighted by molar-refractivity contribution is 7.92. The number of nitrogens with one attached hydrogen (secondary N) is 1. The molecule has 28 heavy (non-hydrogen) atoms. The highest BCUT2D eigenvalue weighted by Crippen LogP contribution is 2.22. The number of hydrogen-bond acceptors (Lipinski definition) is 4. The van der Waals surface area contributed by atoms with Crippen molar-refractivity contribution in [1.29, 1.82) is 0 Å². The maximum Gasteiger partial charge on any atom is 0.261 e. The van der Waals surface area contributed by atoms with E-state index in [-0.39, 0.29) is 21.6 Å². The molecule has 0 aliphatic heterocycles.